The van der Waals surface area contributed by atoms with Crippen LogP contribution in [0.4, 0.5) is 25.3 Å². The van der Waals surface area contributed by atoms with E-state index in [4.69, 9.17) is 9.72 Å². The highest BCUT2D eigenvalue weighted by molar-refractivity contribution is 7.16. The fraction of sp³-hybridized carbons (Fsp3) is 0.412. The number of amides is 1. The SMILES string of the molecule is CN(c1nc(-c2ccc(F)cc2)c(C#N)s1)c1c2c(nc3c(F)cc(N4CC5(CN(C(=O)C6(O)CCOCC6)C5)C4)cc13)C(O)CC2. The minimum atomic E-state index is -1.36. The van der Waals surface area contributed by atoms with Crippen molar-refractivity contribution in [2.45, 2.75) is 37.4 Å². The predicted molar refractivity (Wildman–Crippen MR) is 171 cm³/mol. The third kappa shape index (κ3) is 4.85. The van der Waals surface area contributed by atoms with Crippen molar-refractivity contribution in [1.29, 1.82) is 5.26 Å². The molecular weight excluding hydrogens is 626 g/mol. The molecule has 2 aromatic carbocycles. The zero-order valence-electron chi connectivity index (χ0n) is 25.7. The number of pyridine rings is 1. The van der Waals surface area contributed by atoms with Crippen LogP contribution < -0.4 is 9.80 Å². The lowest BCUT2D eigenvalue weighted by Gasteiger charge is -2.61. The van der Waals surface area contributed by atoms with Crippen LogP contribution in [0.1, 0.15) is 41.5 Å². The van der Waals surface area contributed by atoms with Crippen LogP contribution in [0.2, 0.25) is 0 Å². The maximum absolute atomic E-state index is 15.9. The Balaban J connectivity index is 1.11. The normalized spacial score (nSPS) is 20.9. The average molecular weight is 659 g/mol. The van der Waals surface area contributed by atoms with Gasteiger partial charge in [-0.1, -0.05) is 11.3 Å². The van der Waals surface area contributed by atoms with Gasteiger partial charge >= 0.3 is 0 Å². The lowest BCUT2D eigenvalue weighted by Crippen LogP contribution is -2.75. The molecule has 1 unspecified atom stereocenters. The van der Waals surface area contributed by atoms with Crippen LogP contribution in [0.15, 0.2) is 36.4 Å². The van der Waals surface area contributed by atoms with Crippen LogP contribution in [-0.2, 0) is 16.0 Å². The van der Waals surface area contributed by atoms with Gasteiger partial charge in [-0.3, -0.25) is 4.79 Å². The summed E-state index contributed by atoms with van der Waals surface area (Å²) in [7, 11) is 1.81. The van der Waals surface area contributed by atoms with E-state index in [1.807, 2.05) is 18.0 Å². The Kier molecular flexibility index (Phi) is 7.00. The van der Waals surface area contributed by atoms with Crippen molar-refractivity contribution in [2.75, 3.05) is 56.2 Å². The number of nitrogens with zero attached hydrogens (tertiary/aromatic N) is 6. The smallest absolute Gasteiger partial charge is 0.254 e. The molecule has 3 saturated heterocycles. The number of benzene rings is 2. The lowest BCUT2D eigenvalue weighted by molar-refractivity contribution is -0.174. The zero-order chi connectivity index (χ0) is 32.7. The average Bonchev–Trinajstić information content (AvgIpc) is 3.63. The van der Waals surface area contributed by atoms with Gasteiger partial charge in [0.25, 0.3) is 5.91 Å². The van der Waals surface area contributed by atoms with Crippen molar-refractivity contribution in [2.24, 2.45) is 5.41 Å². The monoisotopic (exact) mass is 658 g/mol. The second kappa shape index (κ2) is 10.9. The summed E-state index contributed by atoms with van der Waals surface area (Å²) >= 11 is 1.19. The minimum absolute atomic E-state index is 0.103. The highest BCUT2D eigenvalue weighted by Gasteiger charge is 2.56. The number of anilines is 3. The van der Waals surface area contributed by atoms with Gasteiger partial charge in [0.2, 0.25) is 0 Å². The number of thiazole rings is 1. The maximum Gasteiger partial charge on any atom is 0.254 e. The van der Waals surface area contributed by atoms with E-state index in [1.54, 1.807) is 17.0 Å². The molecule has 3 fully saturated rings. The van der Waals surface area contributed by atoms with Crippen LogP contribution in [-0.4, -0.2) is 83.0 Å². The number of carbonyl (C=O) groups is 1. The molecule has 0 bridgehead atoms. The van der Waals surface area contributed by atoms with Gasteiger partial charge in [0.05, 0.1) is 17.5 Å². The first-order valence-corrected chi connectivity index (χ1v) is 16.5. The largest absolute Gasteiger partial charge is 0.387 e. The van der Waals surface area contributed by atoms with E-state index < -0.39 is 17.5 Å². The van der Waals surface area contributed by atoms with Crippen LogP contribution in [0.25, 0.3) is 22.2 Å². The number of nitriles is 1. The summed E-state index contributed by atoms with van der Waals surface area (Å²) in [6.45, 7) is 3.12. The molecule has 242 valence electrons. The molecule has 10 nitrogen and oxygen atoms in total. The molecule has 1 spiro atoms. The molecule has 1 aliphatic carbocycles. The first-order chi connectivity index (χ1) is 22.6. The van der Waals surface area contributed by atoms with Gasteiger partial charge in [-0.25, -0.2) is 18.7 Å². The second-order valence-electron chi connectivity index (χ2n) is 13.2. The lowest BCUT2D eigenvalue weighted by atomic mass is 9.71. The van der Waals surface area contributed by atoms with Crippen LogP contribution in [0.5, 0.6) is 0 Å². The van der Waals surface area contributed by atoms with Crippen molar-refractivity contribution in [3.05, 3.63) is 64.2 Å². The number of fused-ring (bicyclic) bond motifs is 2. The summed E-state index contributed by atoms with van der Waals surface area (Å²) in [5.74, 6) is -1.13. The number of likely N-dealkylation sites (tertiary alicyclic amines) is 1. The quantitative estimate of drug-likeness (QED) is 0.320. The number of halogens is 2. The molecule has 4 aromatic rings. The Labute approximate surface area is 273 Å². The third-order valence-electron chi connectivity index (χ3n) is 10.0. The van der Waals surface area contributed by atoms with E-state index in [2.05, 4.69) is 16.0 Å². The number of aliphatic hydroxyl groups is 2. The van der Waals surface area contributed by atoms with E-state index in [9.17, 15) is 24.7 Å². The molecule has 1 atom stereocenters. The summed E-state index contributed by atoms with van der Waals surface area (Å²) < 4.78 is 34.9. The number of aromatic nitrogens is 2. The van der Waals surface area contributed by atoms with Gasteiger partial charge in [-0.2, -0.15) is 5.26 Å². The number of ether oxygens (including phenoxy) is 1. The number of aliphatic hydroxyl groups excluding tert-OH is 1. The molecule has 2 aromatic heterocycles. The molecule has 1 amide bonds. The van der Waals surface area contributed by atoms with E-state index >= 15 is 4.39 Å². The summed E-state index contributed by atoms with van der Waals surface area (Å²) in [5, 5.41) is 32.6. The van der Waals surface area contributed by atoms with Crippen molar-refractivity contribution >= 4 is 44.7 Å². The standard InChI is InChI=1S/C34H32F2N6O4S/c1-40(32-39-27(26(14-37)47-32)19-2-4-20(35)5-3-19)30-22-6-7-25(43)29(22)38-28-23(30)12-21(13-24(28)36)41-15-33(16-41)17-42(18-33)31(44)34(45)8-10-46-11-9-34/h2-5,12-13,25,43,45H,6-11,15-18H2,1H3. The fourth-order valence-corrected chi connectivity index (χ4v) is 8.41. The van der Waals surface area contributed by atoms with E-state index in [-0.39, 0.29) is 22.7 Å². The summed E-state index contributed by atoms with van der Waals surface area (Å²) in [5.41, 5.74) is 2.33. The zero-order valence-corrected chi connectivity index (χ0v) is 26.5. The Morgan fingerprint density at radius 1 is 1.13 bits per heavy atom. The van der Waals surface area contributed by atoms with E-state index in [0.717, 1.165) is 5.56 Å². The molecule has 5 heterocycles. The summed E-state index contributed by atoms with van der Waals surface area (Å²) in [6, 6.07) is 11.4. The molecule has 3 aliphatic heterocycles. The first-order valence-electron chi connectivity index (χ1n) is 15.7. The highest BCUT2D eigenvalue weighted by Crippen LogP contribution is 2.48. The van der Waals surface area contributed by atoms with Gasteiger partial charge in [0.15, 0.2) is 10.9 Å². The number of rotatable bonds is 5. The predicted octanol–water partition coefficient (Wildman–Crippen LogP) is 4.45. The summed E-state index contributed by atoms with van der Waals surface area (Å²) in [4.78, 5) is 28.4. The molecule has 0 saturated carbocycles. The Morgan fingerprint density at radius 2 is 1.85 bits per heavy atom. The Morgan fingerprint density at radius 3 is 2.55 bits per heavy atom. The van der Waals surface area contributed by atoms with E-state index in [0.29, 0.717) is 109 Å². The van der Waals surface area contributed by atoms with Gasteiger partial charge in [-0.05, 0) is 49.2 Å². The van der Waals surface area contributed by atoms with Crippen molar-refractivity contribution in [3.63, 3.8) is 0 Å². The van der Waals surface area contributed by atoms with Crippen molar-refractivity contribution in [1.82, 2.24) is 14.9 Å². The molecule has 2 N–H and O–H groups in total. The molecular formula is C34H32F2N6O4S. The minimum Gasteiger partial charge on any atom is -0.387 e. The third-order valence-corrected chi connectivity index (χ3v) is 11.1. The topological polar surface area (TPSA) is 126 Å². The van der Waals surface area contributed by atoms with Crippen LogP contribution in [0.3, 0.4) is 0 Å². The molecule has 0 radical (unpaired) electrons. The van der Waals surface area contributed by atoms with Gasteiger partial charge in [0.1, 0.15) is 33.6 Å². The van der Waals surface area contributed by atoms with Gasteiger partial charge in [-0.15, -0.1) is 0 Å². The second-order valence-corrected chi connectivity index (χ2v) is 14.2. The molecule has 8 rings (SSSR count). The first kappa shape index (κ1) is 30.1. The van der Waals surface area contributed by atoms with Crippen LogP contribution in [0, 0.1) is 28.4 Å². The Hall–Kier alpha value is -4.22. The number of hydrogen-bond donors (Lipinski definition) is 2. The maximum atomic E-state index is 15.9. The molecule has 47 heavy (non-hydrogen) atoms. The van der Waals surface area contributed by atoms with Crippen molar-refractivity contribution in [3.8, 4) is 17.3 Å². The molecule has 4 aliphatic rings. The number of carbonyl (C=O) groups excluding carboxylic acids is 1. The number of hydrogen-bond acceptors (Lipinski definition) is 10. The Bertz CT molecular complexity index is 1960. The molecule has 13 heteroatoms. The van der Waals surface area contributed by atoms with Gasteiger partial charge < -0.3 is 29.6 Å². The fourth-order valence-electron chi connectivity index (χ4n) is 7.55. The van der Waals surface area contributed by atoms with E-state index in [1.165, 1.54) is 29.5 Å². The van der Waals surface area contributed by atoms with Crippen LogP contribution >= 0.6 is 11.3 Å². The summed E-state index contributed by atoms with van der Waals surface area (Å²) in [6.07, 6.45) is 0.787. The highest BCUT2D eigenvalue weighted by atomic mass is 32.1. The van der Waals surface area contributed by atoms with Crippen molar-refractivity contribution < 1.29 is 28.5 Å². The van der Waals surface area contributed by atoms with Gasteiger partial charge in [0, 0.05) is 86.9 Å².